The second-order valence-electron chi connectivity index (χ2n) is 6.51. The van der Waals surface area contributed by atoms with Gasteiger partial charge in [-0.2, -0.15) is 0 Å². The molecule has 2 aromatic carbocycles. The lowest BCUT2D eigenvalue weighted by Gasteiger charge is -2.25. The maximum absolute atomic E-state index is 13.1. The molecule has 26 heavy (non-hydrogen) atoms. The number of hydrogen-bond donors (Lipinski definition) is 1. The lowest BCUT2D eigenvalue weighted by molar-refractivity contribution is 0.0734. The molecule has 4 rings (SSSR count). The summed E-state index contributed by atoms with van der Waals surface area (Å²) in [6.45, 7) is 0.646. The molecule has 0 saturated carbocycles. The third-order valence-electron chi connectivity index (χ3n) is 5.01. The van der Waals surface area contributed by atoms with Gasteiger partial charge >= 0.3 is 0 Å². The number of likely N-dealkylation sites (tertiary alicyclic amines) is 1. The van der Waals surface area contributed by atoms with Crippen LogP contribution in [0.15, 0.2) is 59.5 Å². The number of pyridine rings is 1. The smallest absolute Gasteiger partial charge is 0.259 e. The molecule has 1 saturated heterocycles. The molecule has 0 radical (unpaired) electrons. The minimum atomic E-state index is -0.222. The molecule has 1 fully saturated rings. The fourth-order valence-corrected chi connectivity index (χ4v) is 3.69. The molecule has 5 heteroatoms. The predicted molar refractivity (Wildman–Crippen MR) is 101 cm³/mol. The van der Waals surface area contributed by atoms with Crippen LogP contribution in [0.2, 0.25) is 0 Å². The average molecular weight is 348 g/mol. The lowest BCUT2D eigenvalue weighted by Crippen LogP contribution is -2.34. The Morgan fingerprint density at radius 2 is 2.04 bits per heavy atom. The maximum atomic E-state index is 13.1. The standard InChI is InChI=1S/C21H20N2O3/c1-26-15-7-4-6-14(12-15)19-10-5-11-23(19)21(25)17-13-22-18-9-3-2-8-16(18)20(17)24/h2-4,6-9,12-13,19H,5,10-11H2,1H3,(H,22,24). The van der Waals surface area contributed by atoms with Gasteiger partial charge in [0.1, 0.15) is 11.3 Å². The minimum Gasteiger partial charge on any atom is -0.497 e. The molecule has 1 aromatic heterocycles. The molecule has 1 atom stereocenters. The Balaban J connectivity index is 1.71. The first-order valence-electron chi connectivity index (χ1n) is 8.74. The van der Waals surface area contributed by atoms with Gasteiger partial charge in [-0.25, -0.2) is 0 Å². The monoisotopic (exact) mass is 348 g/mol. The number of aromatic nitrogens is 1. The number of methoxy groups -OCH3 is 1. The number of ether oxygens (including phenoxy) is 1. The number of hydrogen-bond acceptors (Lipinski definition) is 3. The average Bonchev–Trinajstić information content (AvgIpc) is 3.18. The van der Waals surface area contributed by atoms with Gasteiger partial charge in [0.15, 0.2) is 0 Å². The van der Waals surface area contributed by atoms with E-state index in [0.29, 0.717) is 11.9 Å². The highest BCUT2D eigenvalue weighted by Crippen LogP contribution is 2.34. The van der Waals surface area contributed by atoms with Crippen molar-refractivity contribution in [2.45, 2.75) is 18.9 Å². The van der Waals surface area contributed by atoms with Crippen molar-refractivity contribution in [1.29, 1.82) is 0 Å². The van der Waals surface area contributed by atoms with Gasteiger partial charge in [0.25, 0.3) is 5.91 Å². The molecule has 3 aromatic rings. The summed E-state index contributed by atoms with van der Waals surface area (Å²) in [4.78, 5) is 30.8. The van der Waals surface area contributed by atoms with E-state index in [1.54, 1.807) is 24.1 Å². The normalized spacial score (nSPS) is 16.8. The van der Waals surface area contributed by atoms with E-state index in [2.05, 4.69) is 4.98 Å². The van der Waals surface area contributed by atoms with Crippen LogP contribution >= 0.6 is 0 Å². The Kier molecular flexibility index (Phi) is 4.21. The number of para-hydroxylation sites is 1. The molecular formula is C21H20N2O3. The summed E-state index contributed by atoms with van der Waals surface area (Å²) >= 11 is 0. The summed E-state index contributed by atoms with van der Waals surface area (Å²) in [6, 6.07) is 15.0. The number of benzene rings is 2. The van der Waals surface area contributed by atoms with Gasteiger partial charge in [-0.15, -0.1) is 0 Å². The van der Waals surface area contributed by atoms with E-state index in [9.17, 15) is 9.59 Å². The number of aromatic amines is 1. The number of H-pyrrole nitrogens is 1. The van der Waals surface area contributed by atoms with Crippen molar-refractivity contribution in [3.8, 4) is 5.75 Å². The third-order valence-corrected chi connectivity index (χ3v) is 5.01. The van der Waals surface area contributed by atoms with E-state index in [1.165, 1.54) is 6.20 Å². The fraction of sp³-hybridized carbons (Fsp3) is 0.238. The van der Waals surface area contributed by atoms with E-state index >= 15 is 0 Å². The zero-order valence-electron chi connectivity index (χ0n) is 14.6. The molecule has 1 aliphatic rings. The van der Waals surface area contributed by atoms with Gasteiger partial charge in [-0.05, 0) is 42.7 Å². The summed E-state index contributed by atoms with van der Waals surface area (Å²) in [5.74, 6) is 0.549. The van der Waals surface area contributed by atoms with Crippen LogP contribution in [0.25, 0.3) is 10.9 Å². The van der Waals surface area contributed by atoms with Gasteiger partial charge in [-0.3, -0.25) is 9.59 Å². The van der Waals surface area contributed by atoms with Crippen LogP contribution in [0.1, 0.15) is 34.8 Å². The van der Waals surface area contributed by atoms with E-state index in [0.717, 1.165) is 29.7 Å². The van der Waals surface area contributed by atoms with Crippen LogP contribution in [-0.4, -0.2) is 29.4 Å². The van der Waals surface area contributed by atoms with Crippen LogP contribution in [0.4, 0.5) is 0 Å². The molecule has 1 N–H and O–H groups in total. The molecule has 0 bridgehead atoms. The molecule has 1 amide bonds. The minimum absolute atomic E-state index is 0.0385. The van der Waals surface area contributed by atoms with Crippen LogP contribution in [0.3, 0.4) is 0 Å². The Labute approximate surface area is 151 Å². The van der Waals surface area contributed by atoms with Crippen molar-refractivity contribution in [1.82, 2.24) is 9.88 Å². The Morgan fingerprint density at radius 3 is 2.88 bits per heavy atom. The molecule has 1 aliphatic heterocycles. The van der Waals surface area contributed by atoms with Crippen molar-refractivity contribution in [2.75, 3.05) is 13.7 Å². The van der Waals surface area contributed by atoms with Crippen LogP contribution in [0.5, 0.6) is 5.75 Å². The Morgan fingerprint density at radius 1 is 1.19 bits per heavy atom. The molecule has 2 heterocycles. The van der Waals surface area contributed by atoms with E-state index in [-0.39, 0.29) is 22.9 Å². The summed E-state index contributed by atoms with van der Waals surface area (Å²) in [5.41, 5.74) is 1.74. The zero-order valence-corrected chi connectivity index (χ0v) is 14.6. The molecule has 1 unspecified atom stereocenters. The molecule has 5 nitrogen and oxygen atoms in total. The Bertz CT molecular complexity index is 1020. The first-order valence-corrected chi connectivity index (χ1v) is 8.74. The van der Waals surface area contributed by atoms with Crippen molar-refractivity contribution < 1.29 is 9.53 Å². The highest BCUT2D eigenvalue weighted by Gasteiger charge is 2.32. The topological polar surface area (TPSA) is 62.4 Å². The number of rotatable bonds is 3. The van der Waals surface area contributed by atoms with Crippen LogP contribution in [-0.2, 0) is 0 Å². The summed E-state index contributed by atoms with van der Waals surface area (Å²) in [6.07, 6.45) is 3.33. The number of amides is 1. The predicted octanol–water partition coefficient (Wildman–Crippen LogP) is 3.51. The van der Waals surface area contributed by atoms with Gasteiger partial charge in [-0.1, -0.05) is 24.3 Å². The SMILES string of the molecule is COc1cccc(C2CCCN2C(=O)c2c[nH]c3ccccc3c2=O)c1. The first-order chi connectivity index (χ1) is 12.7. The van der Waals surface area contributed by atoms with Crippen LogP contribution in [0, 0.1) is 0 Å². The second kappa shape index (κ2) is 6.67. The van der Waals surface area contributed by atoms with Gasteiger partial charge < -0.3 is 14.6 Å². The van der Waals surface area contributed by atoms with E-state index in [1.807, 2.05) is 36.4 Å². The summed E-state index contributed by atoms with van der Waals surface area (Å²) in [5, 5.41) is 0.537. The summed E-state index contributed by atoms with van der Waals surface area (Å²) < 4.78 is 5.30. The van der Waals surface area contributed by atoms with Crippen molar-refractivity contribution >= 4 is 16.8 Å². The van der Waals surface area contributed by atoms with Crippen molar-refractivity contribution in [3.05, 3.63) is 76.1 Å². The first kappa shape index (κ1) is 16.4. The fourth-order valence-electron chi connectivity index (χ4n) is 3.69. The highest BCUT2D eigenvalue weighted by molar-refractivity contribution is 5.97. The van der Waals surface area contributed by atoms with Crippen molar-refractivity contribution in [2.24, 2.45) is 0 Å². The molecule has 0 spiro atoms. The molecule has 132 valence electrons. The van der Waals surface area contributed by atoms with E-state index in [4.69, 9.17) is 4.74 Å². The van der Waals surface area contributed by atoms with Gasteiger partial charge in [0, 0.05) is 23.6 Å². The zero-order chi connectivity index (χ0) is 18.1. The van der Waals surface area contributed by atoms with Gasteiger partial charge in [0.05, 0.1) is 13.2 Å². The number of carbonyl (C=O) groups excluding carboxylic acids is 1. The summed E-state index contributed by atoms with van der Waals surface area (Å²) in [7, 11) is 1.63. The number of carbonyl (C=O) groups is 1. The largest absolute Gasteiger partial charge is 0.497 e. The maximum Gasteiger partial charge on any atom is 0.259 e. The quantitative estimate of drug-likeness (QED) is 0.788. The van der Waals surface area contributed by atoms with Crippen molar-refractivity contribution in [3.63, 3.8) is 0 Å². The molecule has 0 aliphatic carbocycles. The molecular weight excluding hydrogens is 328 g/mol. The van der Waals surface area contributed by atoms with Crippen LogP contribution < -0.4 is 10.2 Å². The van der Waals surface area contributed by atoms with Gasteiger partial charge in [0.2, 0.25) is 5.43 Å². The second-order valence-corrected chi connectivity index (χ2v) is 6.51. The lowest BCUT2D eigenvalue weighted by atomic mass is 10.0. The number of fused-ring (bicyclic) bond motifs is 1. The third kappa shape index (κ3) is 2.75. The number of nitrogens with zero attached hydrogens (tertiary/aromatic N) is 1. The Hall–Kier alpha value is -3.08. The van der Waals surface area contributed by atoms with E-state index < -0.39 is 0 Å². The number of nitrogens with one attached hydrogen (secondary N) is 1. The highest BCUT2D eigenvalue weighted by atomic mass is 16.5.